The van der Waals surface area contributed by atoms with Crippen molar-refractivity contribution in [2.24, 2.45) is 5.92 Å². The number of aliphatic carboxylic acids is 1. The number of aryl methyl sites for hydroxylation is 1. The Morgan fingerprint density at radius 1 is 1.19 bits per heavy atom. The highest BCUT2D eigenvalue weighted by molar-refractivity contribution is 5.78. The van der Waals surface area contributed by atoms with E-state index in [1.54, 1.807) is 24.4 Å². The van der Waals surface area contributed by atoms with Crippen LogP contribution in [-0.2, 0) is 16.1 Å². The fraction of sp³-hybridized carbons (Fsp3) is 0.556. The Balaban J connectivity index is 1.62. The van der Waals surface area contributed by atoms with Gasteiger partial charge in [-0.1, -0.05) is 31.7 Å². The van der Waals surface area contributed by atoms with Gasteiger partial charge >= 0.3 is 11.7 Å². The quantitative estimate of drug-likeness (QED) is 0.839. The topological polar surface area (TPSA) is 106 Å². The molecule has 2 N–H and O–H groups in total. The summed E-state index contributed by atoms with van der Waals surface area (Å²) in [6.45, 7) is 0.163. The van der Waals surface area contributed by atoms with Crippen LogP contribution in [-0.4, -0.2) is 37.2 Å². The Bertz CT molecular complexity index is 841. The number of aromatic nitrogens is 3. The molecule has 1 fully saturated rings. The smallest absolute Gasteiger partial charge is 0.350 e. The zero-order valence-electron chi connectivity index (χ0n) is 14.6. The highest BCUT2D eigenvalue weighted by Crippen LogP contribution is 2.23. The Labute approximate surface area is 150 Å². The maximum Gasteiger partial charge on any atom is 0.350 e. The van der Waals surface area contributed by atoms with Crippen LogP contribution in [0, 0.1) is 5.92 Å². The third-order valence-electron chi connectivity index (χ3n) is 4.97. The van der Waals surface area contributed by atoms with E-state index >= 15 is 0 Å². The first-order valence-corrected chi connectivity index (χ1v) is 9.12. The van der Waals surface area contributed by atoms with E-state index in [1.807, 2.05) is 0 Å². The number of fused-ring (bicyclic) bond motifs is 1. The van der Waals surface area contributed by atoms with Crippen molar-refractivity contribution in [1.29, 1.82) is 0 Å². The van der Waals surface area contributed by atoms with E-state index in [1.165, 1.54) is 9.08 Å². The third kappa shape index (κ3) is 4.12. The van der Waals surface area contributed by atoms with Crippen LogP contribution in [0.3, 0.4) is 0 Å². The van der Waals surface area contributed by atoms with Crippen molar-refractivity contribution in [1.82, 2.24) is 19.5 Å². The van der Waals surface area contributed by atoms with Crippen LogP contribution in [0.15, 0.2) is 29.2 Å². The molecule has 0 radical (unpaired) electrons. The first-order chi connectivity index (χ1) is 12.6. The van der Waals surface area contributed by atoms with Gasteiger partial charge in [0.2, 0.25) is 5.91 Å². The van der Waals surface area contributed by atoms with Crippen LogP contribution in [0.2, 0.25) is 0 Å². The van der Waals surface area contributed by atoms with Crippen molar-refractivity contribution < 1.29 is 14.7 Å². The highest BCUT2D eigenvalue weighted by atomic mass is 16.4. The average molecular weight is 360 g/mol. The van der Waals surface area contributed by atoms with Gasteiger partial charge in [0.1, 0.15) is 0 Å². The molecule has 0 bridgehead atoms. The summed E-state index contributed by atoms with van der Waals surface area (Å²) in [5.41, 5.74) is 0.242. The van der Waals surface area contributed by atoms with Gasteiger partial charge in [0.15, 0.2) is 5.65 Å². The number of pyridine rings is 1. The van der Waals surface area contributed by atoms with Crippen molar-refractivity contribution >= 4 is 17.5 Å². The van der Waals surface area contributed by atoms with E-state index in [4.69, 9.17) is 0 Å². The summed E-state index contributed by atoms with van der Waals surface area (Å²) in [5, 5.41) is 16.5. The molecule has 0 aromatic carbocycles. The number of hydrogen-bond donors (Lipinski definition) is 2. The lowest BCUT2D eigenvalue weighted by molar-refractivity contribution is -0.143. The van der Waals surface area contributed by atoms with Crippen LogP contribution in [0.5, 0.6) is 0 Å². The summed E-state index contributed by atoms with van der Waals surface area (Å²) in [6, 6.07) is 4.91. The normalized spacial score (nSPS) is 21.1. The number of rotatable bonds is 5. The Morgan fingerprint density at radius 3 is 2.69 bits per heavy atom. The van der Waals surface area contributed by atoms with E-state index in [2.05, 4.69) is 10.4 Å². The minimum atomic E-state index is -0.853. The van der Waals surface area contributed by atoms with Gasteiger partial charge in [0, 0.05) is 18.7 Å². The monoisotopic (exact) mass is 360 g/mol. The van der Waals surface area contributed by atoms with E-state index in [-0.39, 0.29) is 30.6 Å². The van der Waals surface area contributed by atoms with Gasteiger partial charge in [-0.15, -0.1) is 5.10 Å². The zero-order chi connectivity index (χ0) is 18.5. The van der Waals surface area contributed by atoms with Crippen molar-refractivity contribution in [3.63, 3.8) is 0 Å². The van der Waals surface area contributed by atoms with Gasteiger partial charge < -0.3 is 10.4 Å². The molecule has 3 rings (SSSR count). The molecule has 1 aliphatic rings. The maximum absolute atomic E-state index is 12.3. The molecule has 1 saturated carbocycles. The second kappa shape index (κ2) is 8.16. The van der Waals surface area contributed by atoms with Gasteiger partial charge in [-0.25, -0.2) is 9.48 Å². The van der Waals surface area contributed by atoms with Crippen molar-refractivity contribution in [3.05, 3.63) is 34.9 Å². The number of hydrogen-bond acceptors (Lipinski definition) is 4. The lowest BCUT2D eigenvalue weighted by Gasteiger charge is -2.27. The Hall–Kier alpha value is -2.64. The van der Waals surface area contributed by atoms with E-state index in [0.29, 0.717) is 18.5 Å². The molecule has 2 aromatic rings. The van der Waals surface area contributed by atoms with Gasteiger partial charge in [-0.2, -0.15) is 0 Å². The van der Waals surface area contributed by atoms with Crippen LogP contribution >= 0.6 is 0 Å². The second-order valence-corrected chi connectivity index (χ2v) is 6.79. The number of carboxylic acid groups (broad SMARTS) is 1. The molecule has 0 saturated heterocycles. The predicted molar refractivity (Wildman–Crippen MR) is 94.8 cm³/mol. The zero-order valence-corrected chi connectivity index (χ0v) is 14.6. The Morgan fingerprint density at radius 2 is 1.96 bits per heavy atom. The van der Waals surface area contributed by atoms with E-state index in [0.717, 1.165) is 25.7 Å². The van der Waals surface area contributed by atoms with Gasteiger partial charge in [0.25, 0.3) is 0 Å². The van der Waals surface area contributed by atoms with Crippen LogP contribution < -0.4 is 11.0 Å². The SMILES string of the molecule is O=C(CCn1nc2ccccn2c1=O)NC1CCCCCCC1C(=O)O. The molecule has 2 aromatic heterocycles. The molecule has 0 spiro atoms. The molecule has 2 unspecified atom stereocenters. The summed E-state index contributed by atoms with van der Waals surface area (Å²) < 4.78 is 2.69. The molecular formula is C18H24N4O4. The fourth-order valence-corrected chi connectivity index (χ4v) is 3.55. The summed E-state index contributed by atoms with van der Waals surface area (Å²) >= 11 is 0. The first-order valence-electron chi connectivity index (χ1n) is 9.12. The van der Waals surface area contributed by atoms with E-state index < -0.39 is 11.9 Å². The molecule has 140 valence electrons. The van der Waals surface area contributed by atoms with Gasteiger partial charge in [0.05, 0.1) is 12.5 Å². The van der Waals surface area contributed by atoms with Crippen molar-refractivity contribution in [2.45, 2.75) is 57.5 Å². The van der Waals surface area contributed by atoms with Crippen LogP contribution in [0.1, 0.15) is 44.9 Å². The average Bonchev–Trinajstić information content (AvgIpc) is 2.92. The van der Waals surface area contributed by atoms with Crippen LogP contribution in [0.25, 0.3) is 5.65 Å². The minimum Gasteiger partial charge on any atom is -0.481 e. The number of amides is 1. The summed E-state index contributed by atoms with van der Waals surface area (Å²) in [5.74, 6) is -1.64. The number of nitrogens with zero attached hydrogens (tertiary/aromatic N) is 3. The first kappa shape index (κ1) is 18.2. The standard InChI is InChI=1S/C18H24N4O4/c23-16(19-14-8-4-2-1-3-7-13(14)17(24)25)10-12-22-18(26)21-11-6-5-9-15(21)20-22/h5-6,9,11,13-14H,1-4,7-8,10,12H2,(H,19,23)(H,24,25). The molecule has 2 atom stereocenters. The highest BCUT2D eigenvalue weighted by Gasteiger charge is 2.29. The van der Waals surface area contributed by atoms with Crippen LogP contribution in [0.4, 0.5) is 0 Å². The Kier molecular flexibility index (Phi) is 5.70. The predicted octanol–water partition coefficient (Wildman–Crippen LogP) is 1.43. The molecule has 2 heterocycles. The number of carbonyl (C=O) groups excluding carboxylic acids is 1. The second-order valence-electron chi connectivity index (χ2n) is 6.79. The van der Waals surface area contributed by atoms with Crippen molar-refractivity contribution in [2.75, 3.05) is 0 Å². The summed E-state index contributed by atoms with van der Waals surface area (Å²) in [6.07, 6.45) is 6.89. The fourth-order valence-electron chi connectivity index (χ4n) is 3.55. The number of carboxylic acids is 1. The summed E-state index contributed by atoms with van der Waals surface area (Å²) in [4.78, 5) is 36.1. The maximum atomic E-state index is 12.3. The third-order valence-corrected chi connectivity index (χ3v) is 4.97. The largest absolute Gasteiger partial charge is 0.481 e. The lowest BCUT2D eigenvalue weighted by Crippen LogP contribution is -2.44. The number of nitrogens with one attached hydrogen (secondary N) is 1. The molecule has 26 heavy (non-hydrogen) atoms. The minimum absolute atomic E-state index is 0.0899. The number of carbonyl (C=O) groups is 2. The van der Waals surface area contributed by atoms with Crippen molar-refractivity contribution in [3.8, 4) is 0 Å². The van der Waals surface area contributed by atoms with Gasteiger partial charge in [-0.3, -0.25) is 14.0 Å². The molecule has 8 nitrogen and oxygen atoms in total. The summed E-state index contributed by atoms with van der Waals surface area (Å²) in [7, 11) is 0. The van der Waals surface area contributed by atoms with Gasteiger partial charge in [-0.05, 0) is 25.0 Å². The lowest BCUT2D eigenvalue weighted by atomic mass is 9.86. The van der Waals surface area contributed by atoms with E-state index in [9.17, 15) is 19.5 Å². The molecule has 8 heteroatoms. The molecule has 0 aliphatic heterocycles. The molecule has 1 amide bonds. The molecular weight excluding hydrogens is 336 g/mol. The molecule has 1 aliphatic carbocycles.